The number of thioether (sulfide) groups is 1. The molecular formula is C17H19N3OS. The van der Waals surface area contributed by atoms with E-state index in [0.29, 0.717) is 12.1 Å². The van der Waals surface area contributed by atoms with E-state index in [9.17, 15) is 4.79 Å². The molecule has 0 saturated carbocycles. The van der Waals surface area contributed by atoms with Crippen molar-refractivity contribution < 1.29 is 4.79 Å². The number of benzene rings is 2. The van der Waals surface area contributed by atoms with Crippen molar-refractivity contribution in [2.24, 2.45) is 0 Å². The van der Waals surface area contributed by atoms with Gasteiger partial charge in [-0.3, -0.25) is 15.5 Å². The van der Waals surface area contributed by atoms with Gasteiger partial charge in [0.2, 0.25) is 0 Å². The van der Waals surface area contributed by atoms with Gasteiger partial charge in [0.25, 0.3) is 5.91 Å². The molecule has 0 aromatic heterocycles. The van der Waals surface area contributed by atoms with Gasteiger partial charge in [-0.2, -0.15) is 11.8 Å². The second-order valence-corrected chi connectivity index (χ2v) is 5.77. The quantitative estimate of drug-likeness (QED) is 0.436. The SMILES string of the molecule is N=C(NCCSCc1ccccc1)NC(=O)c1ccccc1. The van der Waals surface area contributed by atoms with Crippen LogP contribution in [0.3, 0.4) is 0 Å². The van der Waals surface area contributed by atoms with Crippen molar-refractivity contribution in [1.82, 2.24) is 10.6 Å². The standard InChI is InChI=1S/C17H19N3OS/c18-17(20-16(21)15-9-5-2-6-10-15)19-11-12-22-13-14-7-3-1-4-8-14/h1-10H,11-13H2,(H3,18,19,20,21). The molecule has 0 fully saturated rings. The van der Waals surface area contributed by atoms with E-state index in [-0.39, 0.29) is 11.9 Å². The third-order valence-electron chi connectivity index (χ3n) is 2.93. The maximum atomic E-state index is 11.8. The molecular weight excluding hydrogens is 294 g/mol. The second-order valence-electron chi connectivity index (χ2n) is 4.66. The number of hydrogen-bond acceptors (Lipinski definition) is 3. The molecule has 22 heavy (non-hydrogen) atoms. The van der Waals surface area contributed by atoms with Crippen molar-refractivity contribution in [2.75, 3.05) is 12.3 Å². The fraction of sp³-hybridized carbons (Fsp3) is 0.176. The predicted molar refractivity (Wildman–Crippen MR) is 92.2 cm³/mol. The van der Waals surface area contributed by atoms with E-state index in [1.807, 2.05) is 24.3 Å². The van der Waals surface area contributed by atoms with Gasteiger partial charge in [-0.05, 0) is 17.7 Å². The molecule has 0 aliphatic rings. The van der Waals surface area contributed by atoms with Crippen LogP contribution < -0.4 is 10.6 Å². The van der Waals surface area contributed by atoms with Crippen LogP contribution in [0.1, 0.15) is 15.9 Å². The summed E-state index contributed by atoms with van der Waals surface area (Å²) >= 11 is 1.79. The van der Waals surface area contributed by atoms with Crippen LogP contribution in [0.4, 0.5) is 0 Å². The molecule has 114 valence electrons. The summed E-state index contributed by atoms with van der Waals surface area (Å²) in [6.07, 6.45) is 0. The predicted octanol–water partition coefficient (Wildman–Crippen LogP) is 2.87. The van der Waals surface area contributed by atoms with Crippen LogP contribution in [0.15, 0.2) is 60.7 Å². The molecule has 3 N–H and O–H groups in total. The van der Waals surface area contributed by atoms with E-state index in [1.54, 1.807) is 36.0 Å². The Hall–Kier alpha value is -2.27. The Morgan fingerprint density at radius 3 is 2.32 bits per heavy atom. The van der Waals surface area contributed by atoms with Crippen LogP contribution in [0, 0.1) is 5.41 Å². The first kappa shape index (κ1) is 16.1. The maximum Gasteiger partial charge on any atom is 0.257 e. The van der Waals surface area contributed by atoms with Gasteiger partial charge in [0.1, 0.15) is 0 Å². The first-order valence-corrected chi connectivity index (χ1v) is 8.21. The monoisotopic (exact) mass is 313 g/mol. The molecule has 0 aliphatic heterocycles. The van der Waals surface area contributed by atoms with Crippen LogP contribution in [0.25, 0.3) is 0 Å². The van der Waals surface area contributed by atoms with Gasteiger partial charge in [0.15, 0.2) is 5.96 Å². The van der Waals surface area contributed by atoms with Gasteiger partial charge in [-0.15, -0.1) is 0 Å². The van der Waals surface area contributed by atoms with Gasteiger partial charge < -0.3 is 5.32 Å². The minimum absolute atomic E-state index is 0.0363. The molecule has 0 heterocycles. The number of guanidine groups is 1. The number of carbonyl (C=O) groups is 1. The van der Waals surface area contributed by atoms with Crippen LogP contribution in [-0.2, 0) is 5.75 Å². The molecule has 2 rings (SSSR count). The summed E-state index contributed by atoms with van der Waals surface area (Å²) in [6, 6.07) is 19.2. The van der Waals surface area contributed by atoms with E-state index in [0.717, 1.165) is 11.5 Å². The van der Waals surface area contributed by atoms with Crippen LogP contribution in [0.2, 0.25) is 0 Å². The summed E-state index contributed by atoms with van der Waals surface area (Å²) in [5.41, 5.74) is 1.84. The zero-order valence-electron chi connectivity index (χ0n) is 12.2. The molecule has 0 radical (unpaired) electrons. The molecule has 1 amide bonds. The fourth-order valence-electron chi connectivity index (χ4n) is 1.83. The van der Waals surface area contributed by atoms with Crippen LogP contribution in [-0.4, -0.2) is 24.2 Å². The normalized spacial score (nSPS) is 10.0. The second kappa shape index (κ2) is 8.89. The van der Waals surface area contributed by atoms with Crippen molar-refractivity contribution in [3.05, 3.63) is 71.8 Å². The zero-order chi connectivity index (χ0) is 15.6. The van der Waals surface area contributed by atoms with Crippen LogP contribution in [0.5, 0.6) is 0 Å². The van der Waals surface area contributed by atoms with Crippen molar-refractivity contribution in [2.45, 2.75) is 5.75 Å². The van der Waals surface area contributed by atoms with E-state index >= 15 is 0 Å². The third kappa shape index (κ3) is 5.61. The van der Waals surface area contributed by atoms with Gasteiger partial charge >= 0.3 is 0 Å². The number of amides is 1. The van der Waals surface area contributed by atoms with Crippen molar-refractivity contribution >= 4 is 23.6 Å². The Balaban J connectivity index is 1.61. The van der Waals surface area contributed by atoms with Gasteiger partial charge in [-0.1, -0.05) is 48.5 Å². The summed E-state index contributed by atoms with van der Waals surface area (Å²) in [6.45, 7) is 0.644. The summed E-state index contributed by atoms with van der Waals surface area (Å²) in [5, 5.41) is 13.1. The first-order valence-electron chi connectivity index (χ1n) is 7.06. The Labute approximate surface area is 134 Å². The highest BCUT2D eigenvalue weighted by atomic mass is 32.2. The highest BCUT2D eigenvalue weighted by molar-refractivity contribution is 7.98. The summed E-state index contributed by atoms with van der Waals surface area (Å²) in [5.74, 6) is 1.59. The molecule has 0 unspecified atom stereocenters. The molecule has 2 aromatic rings. The first-order chi connectivity index (χ1) is 10.8. The van der Waals surface area contributed by atoms with Crippen LogP contribution >= 0.6 is 11.8 Å². The highest BCUT2D eigenvalue weighted by Crippen LogP contribution is 2.10. The molecule has 0 aliphatic carbocycles. The Kier molecular flexibility index (Phi) is 6.51. The van der Waals surface area contributed by atoms with Crippen molar-refractivity contribution in [3.63, 3.8) is 0 Å². The topological polar surface area (TPSA) is 65.0 Å². The zero-order valence-corrected chi connectivity index (χ0v) is 13.0. The lowest BCUT2D eigenvalue weighted by Gasteiger charge is -2.09. The minimum atomic E-state index is -0.268. The van der Waals surface area contributed by atoms with Gasteiger partial charge in [0.05, 0.1) is 0 Å². The molecule has 0 atom stereocenters. The smallest absolute Gasteiger partial charge is 0.257 e. The summed E-state index contributed by atoms with van der Waals surface area (Å²) < 4.78 is 0. The van der Waals surface area contributed by atoms with E-state index in [1.165, 1.54) is 5.56 Å². The van der Waals surface area contributed by atoms with Gasteiger partial charge in [0, 0.05) is 23.6 Å². The lowest BCUT2D eigenvalue weighted by atomic mass is 10.2. The van der Waals surface area contributed by atoms with Gasteiger partial charge in [-0.25, -0.2) is 0 Å². The number of nitrogens with one attached hydrogen (secondary N) is 3. The van der Waals surface area contributed by atoms with E-state index in [2.05, 4.69) is 22.8 Å². The lowest BCUT2D eigenvalue weighted by molar-refractivity contribution is 0.0975. The fourth-order valence-corrected chi connectivity index (χ4v) is 2.65. The lowest BCUT2D eigenvalue weighted by Crippen LogP contribution is -2.41. The van der Waals surface area contributed by atoms with E-state index < -0.39 is 0 Å². The molecule has 2 aromatic carbocycles. The highest BCUT2D eigenvalue weighted by Gasteiger charge is 2.06. The average molecular weight is 313 g/mol. The maximum absolute atomic E-state index is 11.8. The Morgan fingerprint density at radius 2 is 1.64 bits per heavy atom. The molecule has 0 saturated heterocycles. The Morgan fingerprint density at radius 1 is 1.00 bits per heavy atom. The Bertz CT molecular complexity index is 602. The third-order valence-corrected chi connectivity index (χ3v) is 3.96. The molecule has 5 heteroatoms. The summed E-state index contributed by atoms with van der Waals surface area (Å²) in [4.78, 5) is 11.8. The summed E-state index contributed by atoms with van der Waals surface area (Å²) in [7, 11) is 0. The number of hydrogen-bond donors (Lipinski definition) is 3. The minimum Gasteiger partial charge on any atom is -0.355 e. The number of rotatable bonds is 6. The average Bonchev–Trinajstić information content (AvgIpc) is 2.56. The largest absolute Gasteiger partial charge is 0.355 e. The van der Waals surface area contributed by atoms with Crippen molar-refractivity contribution in [3.8, 4) is 0 Å². The molecule has 0 bridgehead atoms. The number of carbonyl (C=O) groups excluding carboxylic acids is 1. The van der Waals surface area contributed by atoms with Crippen molar-refractivity contribution in [1.29, 1.82) is 5.41 Å². The molecule has 0 spiro atoms. The molecule has 4 nitrogen and oxygen atoms in total. The van der Waals surface area contributed by atoms with E-state index in [4.69, 9.17) is 5.41 Å².